The minimum Gasteiger partial charge on any atom is -0.479 e. The lowest BCUT2D eigenvalue weighted by atomic mass is 9.77. The third kappa shape index (κ3) is 2.93. The van der Waals surface area contributed by atoms with E-state index >= 15 is 0 Å². The molecule has 2 aliphatic rings. The van der Waals surface area contributed by atoms with Gasteiger partial charge in [-0.1, -0.05) is 26.2 Å². The van der Waals surface area contributed by atoms with E-state index in [2.05, 4.69) is 0 Å². The average molecular weight is 291 g/mol. The zero-order valence-electron chi connectivity index (χ0n) is 11.1. The molecule has 0 bridgehead atoms. The second-order valence-corrected chi connectivity index (χ2v) is 8.20. The number of carboxylic acid groups (broad SMARTS) is 1. The molecule has 1 saturated carbocycles. The highest BCUT2D eigenvalue weighted by Crippen LogP contribution is 2.38. The number of carboxylic acids is 1. The lowest BCUT2D eigenvalue weighted by Crippen LogP contribution is -2.68. The smallest absolute Gasteiger partial charge is 0.338 e. The van der Waals surface area contributed by atoms with Gasteiger partial charge in [0.05, 0.1) is 18.8 Å². The van der Waals surface area contributed by atoms with E-state index < -0.39 is 21.6 Å². The summed E-state index contributed by atoms with van der Waals surface area (Å²) in [5.74, 6) is -1.31. The van der Waals surface area contributed by atoms with Crippen molar-refractivity contribution in [3.8, 4) is 0 Å². The van der Waals surface area contributed by atoms with E-state index in [0.717, 1.165) is 36.4 Å². The number of aliphatic carboxylic acids is 1. The minimum atomic E-state index is -3.48. The molecule has 1 aliphatic heterocycles. The van der Waals surface area contributed by atoms with Crippen molar-refractivity contribution >= 4 is 16.0 Å². The number of rotatable bonds is 4. The van der Waals surface area contributed by atoms with E-state index in [1.54, 1.807) is 0 Å². The number of hydrogen-bond acceptors (Lipinski definition) is 4. The Morgan fingerprint density at radius 1 is 1.21 bits per heavy atom. The van der Waals surface area contributed by atoms with Crippen LogP contribution < -0.4 is 0 Å². The van der Waals surface area contributed by atoms with E-state index in [1.807, 2.05) is 6.92 Å². The summed E-state index contributed by atoms with van der Waals surface area (Å²) in [6.07, 6.45) is 5.03. The Hall–Kier alpha value is -0.660. The van der Waals surface area contributed by atoms with Crippen LogP contribution in [0.4, 0.5) is 0 Å². The van der Waals surface area contributed by atoms with Crippen LogP contribution in [0.5, 0.6) is 0 Å². The molecule has 0 aromatic carbocycles. The molecule has 7 heteroatoms. The monoisotopic (exact) mass is 291 g/mol. The number of aliphatic hydroxyl groups is 1. The molecule has 1 aliphatic carbocycles. The molecule has 0 spiro atoms. The largest absolute Gasteiger partial charge is 0.479 e. The Labute approximate surface area is 113 Å². The van der Waals surface area contributed by atoms with Crippen LogP contribution in [-0.2, 0) is 14.8 Å². The lowest BCUT2D eigenvalue weighted by molar-refractivity contribution is -0.170. The van der Waals surface area contributed by atoms with Crippen LogP contribution in [-0.4, -0.2) is 53.3 Å². The summed E-state index contributed by atoms with van der Waals surface area (Å²) in [6.45, 7) is 1.31. The molecule has 0 amide bonds. The van der Waals surface area contributed by atoms with Crippen LogP contribution in [0.2, 0.25) is 0 Å². The van der Waals surface area contributed by atoms with Gasteiger partial charge in [0.25, 0.3) is 0 Å². The molecule has 0 atom stereocenters. The number of carbonyl (C=O) groups is 1. The third-order valence-electron chi connectivity index (χ3n) is 4.26. The summed E-state index contributed by atoms with van der Waals surface area (Å²) >= 11 is 0. The van der Waals surface area contributed by atoms with Crippen molar-refractivity contribution in [1.82, 2.24) is 4.31 Å². The fourth-order valence-corrected chi connectivity index (χ4v) is 5.12. The summed E-state index contributed by atoms with van der Waals surface area (Å²) in [5.41, 5.74) is -2.12. The van der Waals surface area contributed by atoms with E-state index in [1.165, 1.54) is 0 Å². The van der Waals surface area contributed by atoms with E-state index in [-0.39, 0.29) is 24.3 Å². The summed E-state index contributed by atoms with van der Waals surface area (Å²) in [5, 5.41) is 18.4. The first kappa shape index (κ1) is 14.7. The topological polar surface area (TPSA) is 94.9 Å². The molecule has 1 heterocycles. The van der Waals surface area contributed by atoms with Gasteiger partial charge in [0.15, 0.2) is 5.60 Å². The van der Waals surface area contributed by atoms with Gasteiger partial charge in [0.1, 0.15) is 0 Å². The van der Waals surface area contributed by atoms with Crippen molar-refractivity contribution in [1.29, 1.82) is 0 Å². The Morgan fingerprint density at radius 3 is 2.21 bits per heavy atom. The average Bonchev–Trinajstić information content (AvgIpc) is 2.23. The third-order valence-corrected chi connectivity index (χ3v) is 6.37. The first-order valence-corrected chi connectivity index (χ1v) is 8.22. The maximum atomic E-state index is 12.2. The molecule has 19 heavy (non-hydrogen) atoms. The number of nitrogens with zero attached hydrogens (tertiary/aromatic N) is 1. The second kappa shape index (κ2) is 4.71. The summed E-state index contributed by atoms with van der Waals surface area (Å²) in [6, 6.07) is 0. The van der Waals surface area contributed by atoms with E-state index in [9.17, 15) is 18.3 Å². The van der Waals surface area contributed by atoms with Crippen LogP contribution >= 0.6 is 0 Å². The van der Waals surface area contributed by atoms with Crippen LogP contribution in [0.15, 0.2) is 0 Å². The van der Waals surface area contributed by atoms with Crippen LogP contribution in [0.3, 0.4) is 0 Å². The van der Waals surface area contributed by atoms with Gasteiger partial charge in [0, 0.05) is 0 Å². The van der Waals surface area contributed by atoms with Gasteiger partial charge in [0.2, 0.25) is 10.0 Å². The van der Waals surface area contributed by atoms with Crippen LogP contribution in [0.1, 0.15) is 39.0 Å². The second-order valence-electron chi connectivity index (χ2n) is 6.23. The Morgan fingerprint density at radius 2 is 1.74 bits per heavy atom. The molecular formula is C12H21NO5S. The molecule has 6 nitrogen and oxygen atoms in total. The number of β-amino-alcohol motifs (C(OH)–C–C–N with tert-alkyl or cyclic N) is 1. The normalized spacial score (nSPS) is 26.6. The first-order chi connectivity index (χ1) is 8.67. The fourth-order valence-electron chi connectivity index (χ4n) is 2.95. The SMILES string of the molecule is CC1(CS(=O)(=O)N2CC(O)(C(=O)O)C2)CCCCC1. The molecule has 2 N–H and O–H groups in total. The van der Waals surface area contributed by atoms with E-state index in [0.29, 0.717) is 0 Å². The molecular weight excluding hydrogens is 270 g/mol. The number of hydrogen-bond donors (Lipinski definition) is 2. The Balaban J connectivity index is 1.99. The molecule has 2 fully saturated rings. The van der Waals surface area contributed by atoms with Gasteiger partial charge < -0.3 is 10.2 Å². The first-order valence-electron chi connectivity index (χ1n) is 6.61. The van der Waals surface area contributed by atoms with Gasteiger partial charge >= 0.3 is 5.97 Å². The highest BCUT2D eigenvalue weighted by atomic mass is 32.2. The fraction of sp³-hybridized carbons (Fsp3) is 0.917. The predicted molar refractivity (Wildman–Crippen MR) is 69.1 cm³/mol. The van der Waals surface area contributed by atoms with Crippen molar-refractivity contribution in [3.63, 3.8) is 0 Å². The maximum absolute atomic E-state index is 12.2. The molecule has 1 saturated heterocycles. The number of sulfonamides is 1. The van der Waals surface area contributed by atoms with Gasteiger partial charge in [-0.15, -0.1) is 0 Å². The zero-order valence-corrected chi connectivity index (χ0v) is 11.9. The van der Waals surface area contributed by atoms with Gasteiger partial charge in [-0.2, -0.15) is 4.31 Å². The standard InChI is InChI=1S/C12H21NO5S/c1-11(5-3-2-4-6-11)9-19(17,18)13-7-12(16,8-13)10(14)15/h16H,2-9H2,1H3,(H,14,15). The van der Waals surface area contributed by atoms with Crippen molar-refractivity contribution in [2.75, 3.05) is 18.8 Å². The molecule has 110 valence electrons. The van der Waals surface area contributed by atoms with Crippen LogP contribution in [0.25, 0.3) is 0 Å². The van der Waals surface area contributed by atoms with Crippen molar-refractivity contribution in [2.24, 2.45) is 5.41 Å². The molecule has 0 radical (unpaired) electrons. The summed E-state index contributed by atoms with van der Waals surface area (Å²) in [7, 11) is -3.48. The van der Waals surface area contributed by atoms with E-state index in [4.69, 9.17) is 5.11 Å². The molecule has 2 rings (SSSR count). The summed E-state index contributed by atoms with van der Waals surface area (Å²) in [4.78, 5) is 10.8. The Bertz CT molecular complexity index is 461. The van der Waals surface area contributed by atoms with Gasteiger partial charge in [-0.25, -0.2) is 13.2 Å². The predicted octanol–water partition coefficient (Wildman–Crippen LogP) is 0.418. The molecule has 0 aromatic heterocycles. The van der Waals surface area contributed by atoms with Crippen molar-refractivity contribution in [3.05, 3.63) is 0 Å². The quantitative estimate of drug-likeness (QED) is 0.782. The lowest BCUT2D eigenvalue weighted by Gasteiger charge is -2.44. The highest BCUT2D eigenvalue weighted by Gasteiger charge is 2.53. The van der Waals surface area contributed by atoms with Crippen molar-refractivity contribution < 1.29 is 23.4 Å². The minimum absolute atomic E-state index is 0.0513. The zero-order chi connectivity index (χ0) is 14.3. The highest BCUT2D eigenvalue weighted by molar-refractivity contribution is 7.89. The molecule has 0 aromatic rings. The van der Waals surface area contributed by atoms with Crippen LogP contribution in [0, 0.1) is 5.41 Å². The summed E-state index contributed by atoms with van der Waals surface area (Å²) < 4.78 is 25.5. The van der Waals surface area contributed by atoms with Crippen molar-refractivity contribution in [2.45, 2.75) is 44.6 Å². The van der Waals surface area contributed by atoms with Gasteiger partial charge in [-0.05, 0) is 18.3 Å². The Kier molecular flexibility index (Phi) is 3.66. The maximum Gasteiger partial charge on any atom is 0.338 e. The molecule has 0 unspecified atom stereocenters. The van der Waals surface area contributed by atoms with Gasteiger partial charge in [-0.3, -0.25) is 0 Å².